The first-order valence-electron chi connectivity index (χ1n) is 7.33. The number of carbonyl (C=O) groups excluding carboxylic acids is 1. The van der Waals surface area contributed by atoms with Gasteiger partial charge < -0.3 is 15.2 Å². The van der Waals surface area contributed by atoms with Crippen molar-refractivity contribution in [2.75, 3.05) is 6.61 Å². The number of carboxylic acids is 1. The normalized spacial score (nSPS) is 15.0. The van der Waals surface area contributed by atoms with Crippen LogP contribution < -0.4 is 10.1 Å². The predicted octanol–water partition coefficient (Wildman–Crippen LogP) is 3.10. The summed E-state index contributed by atoms with van der Waals surface area (Å²) < 4.78 is 5.74. The zero-order valence-corrected chi connectivity index (χ0v) is 13.5. The molecule has 120 valence electrons. The van der Waals surface area contributed by atoms with Crippen molar-refractivity contribution in [2.45, 2.75) is 25.3 Å². The highest BCUT2D eigenvalue weighted by Gasteiger charge is 2.45. The van der Waals surface area contributed by atoms with E-state index in [1.54, 1.807) is 6.92 Å². The summed E-state index contributed by atoms with van der Waals surface area (Å²) in [6, 6.07) is 10.9. The van der Waals surface area contributed by atoms with Gasteiger partial charge in [-0.3, -0.25) is 4.79 Å². The van der Waals surface area contributed by atoms with Gasteiger partial charge in [-0.2, -0.15) is 0 Å². The van der Waals surface area contributed by atoms with Crippen LogP contribution in [-0.4, -0.2) is 29.1 Å². The third kappa shape index (κ3) is 3.53. The molecular formula is C17H17NO4S. The minimum Gasteiger partial charge on any atom is -0.491 e. The van der Waals surface area contributed by atoms with E-state index < -0.39 is 5.97 Å². The molecule has 0 radical (unpaired) electrons. The quantitative estimate of drug-likeness (QED) is 0.853. The maximum atomic E-state index is 12.4. The maximum Gasteiger partial charge on any atom is 0.345 e. The predicted molar refractivity (Wildman–Crippen MR) is 87.4 cm³/mol. The first-order chi connectivity index (χ1) is 11.0. The van der Waals surface area contributed by atoms with Crippen molar-refractivity contribution in [1.29, 1.82) is 0 Å². The van der Waals surface area contributed by atoms with Crippen molar-refractivity contribution in [3.63, 3.8) is 0 Å². The summed E-state index contributed by atoms with van der Waals surface area (Å²) in [6.45, 7) is 2.17. The standard InChI is InChI=1S/C17H17NO4S/c1-11-13(9-14(23-11)16(20)21)15(19)18-17(7-8-17)10-22-12-5-3-2-4-6-12/h2-6,9H,7-8,10H2,1H3,(H,18,19)(H,20,21). The van der Waals surface area contributed by atoms with Crippen LogP contribution in [0.4, 0.5) is 0 Å². The number of para-hydroxylation sites is 1. The Morgan fingerprint density at radius 2 is 2.00 bits per heavy atom. The molecule has 2 aromatic rings. The van der Waals surface area contributed by atoms with Crippen LogP contribution in [0.15, 0.2) is 36.4 Å². The van der Waals surface area contributed by atoms with Gasteiger partial charge in [-0.25, -0.2) is 4.79 Å². The third-order valence-corrected chi connectivity index (χ3v) is 4.90. The summed E-state index contributed by atoms with van der Waals surface area (Å²) in [7, 11) is 0. The highest BCUT2D eigenvalue weighted by Crippen LogP contribution is 2.36. The van der Waals surface area contributed by atoms with Gasteiger partial charge in [0.1, 0.15) is 17.2 Å². The molecule has 6 heteroatoms. The van der Waals surface area contributed by atoms with Crippen LogP contribution in [-0.2, 0) is 0 Å². The third-order valence-electron chi connectivity index (χ3n) is 3.86. The van der Waals surface area contributed by atoms with Crippen molar-refractivity contribution in [3.8, 4) is 5.75 Å². The van der Waals surface area contributed by atoms with Crippen molar-refractivity contribution in [1.82, 2.24) is 5.32 Å². The Hall–Kier alpha value is -2.34. The zero-order chi connectivity index (χ0) is 16.4. The Balaban J connectivity index is 1.64. The van der Waals surface area contributed by atoms with Crippen LogP contribution in [0.25, 0.3) is 0 Å². The van der Waals surface area contributed by atoms with Gasteiger partial charge in [0.2, 0.25) is 0 Å². The summed E-state index contributed by atoms with van der Waals surface area (Å²) >= 11 is 1.12. The van der Waals surface area contributed by atoms with Crippen LogP contribution >= 0.6 is 11.3 Å². The zero-order valence-electron chi connectivity index (χ0n) is 12.7. The highest BCUT2D eigenvalue weighted by molar-refractivity contribution is 7.14. The lowest BCUT2D eigenvalue weighted by Gasteiger charge is -2.18. The van der Waals surface area contributed by atoms with E-state index in [9.17, 15) is 9.59 Å². The van der Waals surface area contributed by atoms with Gasteiger partial charge >= 0.3 is 5.97 Å². The van der Waals surface area contributed by atoms with E-state index in [-0.39, 0.29) is 16.3 Å². The molecule has 3 rings (SSSR count). The summed E-state index contributed by atoms with van der Waals surface area (Å²) in [5.74, 6) is -0.473. The number of carbonyl (C=O) groups is 2. The minimum atomic E-state index is -1.01. The molecule has 0 aliphatic heterocycles. The lowest BCUT2D eigenvalue weighted by Crippen LogP contribution is -2.41. The fourth-order valence-electron chi connectivity index (χ4n) is 2.32. The van der Waals surface area contributed by atoms with Crippen LogP contribution in [0, 0.1) is 6.92 Å². The molecule has 1 heterocycles. The van der Waals surface area contributed by atoms with Gasteiger partial charge in [0, 0.05) is 4.88 Å². The Morgan fingerprint density at radius 3 is 2.57 bits per heavy atom. The van der Waals surface area contributed by atoms with Crippen LogP contribution in [0.2, 0.25) is 0 Å². The van der Waals surface area contributed by atoms with E-state index in [1.807, 2.05) is 30.3 Å². The Labute approximate surface area is 137 Å². The molecule has 2 N–H and O–H groups in total. The molecule has 23 heavy (non-hydrogen) atoms. The molecule has 1 aliphatic carbocycles. The number of benzene rings is 1. The first kappa shape index (κ1) is 15.6. The number of carboxylic acid groups (broad SMARTS) is 1. The minimum absolute atomic E-state index is 0.179. The lowest BCUT2D eigenvalue weighted by molar-refractivity contribution is 0.0702. The summed E-state index contributed by atoms with van der Waals surface area (Å²) in [5, 5.41) is 12.0. The number of nitrogens with one attached hydrogen (secondary N) is 1. The Kier molecular flexibility index (Phi) is 4.09. The number of hydrogen-bond donors (Lipinski definition) is 2. The summed E-state index contributed by atoms with van der Waals surface area (Å²) in [5.41, 5.74) is 0.0865. The molecule has 0 saturated heterocycles. The molecule has 5 nitrogen and oxygen atoms in total. The summed E-state index contributed by atoms with van der Waals surface area (Å²) in [4.78, 5) is 24.3. The van der Waals surface area contributed by atoms with Gasteiger partial charge in [-0.1, -0.05) is 18.2 Å². The van der Waals surface area contributed by atoms with Crippen LogP contribution in [0.1, 0.15) is 37.7 Å². The van der Waals surface area contributed by atoms with E-state index in [4.69, 9.17) is 9.84 Å². The lowest BCUT2D eigenvalue weighted by atomic mass is 10.2. The second kappa shape index (κ2) is 6.04. The smallest absolute Gasteiger partial charge is 0.345 e. The average Bonchev–Trinajstić information content (AvgIpc) is 3.18. The van der Waals surface area contributed by atoms with Crippen LogP contribution in [0.5, 0.6) is 5.75 Å². The van der Waals surface area contributed by atoms with E-state index in [0.29, 0.717) is 17.0 Å². The Bertz CT molecular complexity index is 734. The van der Waals surface area contributed by atoms with E-state index in [2.05, 4.69) is 5.32 Å². The number of hydrogen-bond acceptors (Lipinski definition) is 4. The van der Waals surface area contributed by atoms with Crippen molar-refractivity contribution in [2.24, 2.45) is 0 Å². The van der Waals surface area contributed by atoms with Crippen LogP contribution in [0.3, 0.4) is 0 Å². The van der Waals surface area contributed by atoms with Gasteiger partial charge in [0.25, 0.3) is 5.91 Å². The van der Waals surface area contributed by atoms with Gasteiger partial charge in [0.15, 0.2) is 0 Å². The molecule has 0 spiro atoms. The SMILES string of the molecule is Cc1sc(C(=O)O)cc1C(=O)NC1(COc2ccccc2)CC1. The molecule has 0 atom stereocenters. The average molecular weight is 331 g/mol. The molecule has 1 fully saturated rings. The molecule has 0 unspecified atom stereocenters. The van der Waals surface area contributed by atoms with Crippen molar-refractivity contribution in [3.05, 3.63) is 51.7 Å². The largest absolute Gasteiger partial charge is 0.491 e. The summed E-state index contributed by atoms with van der Waals surface area (Å²) in [6.07, 6.45) is 1.72. The fraction of sp³-hybridized carbons (Fsp3) is 0.294. The number of aromatic carboxylic acids is 1. The molecule has 1 aliphatic rings. The number of thiophene rings is 1. The highest BCUT2D eigenvalue weighted by atomic mass is 32.1. The van der Waals surface area contributed by atoms with E-state index in [1.165, 1.54) is 6.07 Å². The van der Waals surface area contributed by atoms with Crippen molar-refractivity contribution >= 4 is 23.2 Å². The number of amides is 1. The Morgan fingerprint density at radius 1 is 1.30 bits per heavy atom. The van der Waals surface area contributed by atoms with E-state index in [0.717, 1.165) is 29.9 Å². The monoisotopic (exact) mass is 331 g/mol. The second-order valence-corrected chi connectivity index (χ2v) is 6.98. The fourth-order valence-corrected chi connectivity index (χ4v) is 3.17. The second-order valence-electron chi connectivity index (χ2n) is 5.72. The number of rotatable bonds is 6. The van der Waals surface area contributed by atoms with Crippen molar-refractivity contribution < 1.29 is 19.4 Å². The number of ether oxygens (including phenoxy) is 1. The number of aryl methyl sites for hydroxylation is 1. The van der Waals surface area contributed by atoms with E-state index >= 15 is 0 Å². The molecule has 1 aromatic carbocycles. The maximum absolute atomic E-state index is 12.4. The topological polar surface area (TPSA) is 75.6 Å². The molecule has 1 aromatic heterocycles. The molecular weight excluding hydrogens is 314 g/mol. The van der Waals surface area contributed by atoms with Gasteiger partial charge in [0.05, 0.1) is 11.1 Å². The molecule has 1 amide bonds. The first-order valence-corrected chi connectivity index (χ1v) is 8.15. The van der Waals surface area contributed by atoms with Gasteiger partial charge in [-0.15, -0.1) is 11.3 Å². The van der Waals surface area contributed by atoms with Gasteiger partial charge in [-0.05, 0) is 38.0 Å². The molecule has 1 saturated carbocycles. The molecule has 0 bridgehead atoms.